The Kier molecular flexibility index (Phi) is 5.78. The first-order valence-electron chi connectivity index (χ1n) is 8.60. The van der Waals surface area contributed by atoms with E-state index in [9.17, 15) is 9.59 Å². The summed E-state index contributed by atoms with van der Waals surface area (Å²) in [5.41, 5.74) is 0.0488. The number of fused-ring (bicyclic) bond motifs is 1. The van der Waals surface area contributed by atoms with E-state index in [0.29, 0.717) is 37.0 Å². The molecule has 0 unspecified atom stereocenters. The molecule has 1 aliphatic rings. The minimum atomic E-state index is -0.286. The van der Waals surface area contributed by atoms with Gasteiger partial charge < -0.3 is 14.8 Å². The van der Waals surface area contributed by atoms with Crippen molar-refractivity contribution in [3.8, 4) is 0 Å². The first-order valence-corrected chi connectivity index (χ1v) is 8.60. The van der Waals surface area contributed by atoms with Gasteiger partial charge in [-0.2, -0.15) is 5.10 Å². The number of carbonyl (C=O) groups is 1. The minimum Gasteiger partial charge on any atom is -0.379 e. The van der Waals surface area contributed by atoms with Crippen LogP contribution in [0.3, 0.4) is 0 Å². The first kappa shape index (κ1) is 17.6. The summed E-state index contributed by atoms with van der Waals surface area (Å²) in [4.78, 5) is 24.5. The number of carbonyl (C=O) groups excluding carboxylic acids is 1. The molecule has 1 amide bonds. The van der Waals surface area contributed by atoms with Crippen molar-refractivity contribution >= 4 is 16.7 Å². The number of rotatable bonds is 7. The van der Waals surface area contributed by atoms with Crippen LogP contribution in [0, 0.1) is 0 Å². The maximum Gasteiger partial charge on any atom is 0.274 e. The molecule has 1 aromatic carbocycles. The van der Waals surface area contributed by atoms with Crippen LogP contribution in [-0.4, -0.2) is 48.2 Å². The number of ether oxygens (including phenoxy) is 2. The molecule has 7 heteroatoms. The van der Waals surface area contributed by atoms with Crippen molar-refractivity contribution < 1.29 is 14.3 Å². The number of hydrogen-bond donors (Lipinski definition) is 1. The lowest BCUT2D eigenvalue weighted by Gasteiger charge is -2.11. The summed E-state index contributed by atoms with van der Waals surface area (Å²) < 4.78 is 12.3. The van der Waals surface area contributed by atoms with Gasteiger partial charge in [-0.25, -0.2) is 4.68 Å². The Morgan fingerprint density at radius 3 is 2.96 bits per heavy atom. The molecule has 0 bridgehead atoms. The molecule has 0 saturated carbocycles. The van der Waals surface area contributed by atoms with E-state index in [4.69, 9.17) is 9.47 Å². The number of benzene rings is 1. The van der Waals surface area contributed by atoms with E-state index >= 15 is 0 Å². The van der Waals surface area contributed by atoms with Crippen molar-refractivity contribution in [1.82, 2.24) is 15.1 Å². The Labute approximate surface area is 145 Å². The summed E-state index contributed by atoms with van der Waals surface area (Å²) in [6.45, 7) is 2.50. The van der Waals surface area contributed by atoms with Gasteiger partial charge in [0.2, 0.25) is 0 Å². The molecule has 3 rings (SSSR count). The summed E-state index contributed by atoms with van der Waals surface area (Å²) >= 11 is 0. The Balaban J connectivity index is 1.52. The third-order valence-electron chi connectivity index (χ3n) is 4.25. The fourth-order valence-corrected chi connectivity index (χ4v) is 2.92. The van der Waals surface area contributed by atoms with Gasteiger partial charge in [0.15, 0.2) is 5.69 Å². The average Bonchev–Trinajstić information content (AvgIpc) is 3.14. The van der Waals surface area contributed by atoms with Crippen LogP contribution >= 0.6 is 0 Å². The van der Waals surface area contributed by atoms with E-state index in [1.807, 2.05) is 0 Å². The number of nitrogens with one attached hydrogen (secondary N) is 1. The molecule has 2 aromatic rings. The Bertz CT molecular complexity index is 796. The molecule has 1 aliphatic heterocycles. The van der Waals surface area contributed by atoms with Crippen LogP contribution in [0.25, 0.3) is 10.8 Å². The quantitative estimate of drug-likeness (QED) is 0.764. The smallest absolute Gasteiger partial charge is 0.274 e. The molecule has 7 nitrogen and oxygen atoms in total. The van der Waals surface area contributed by atoms with E-state index in [-0.39, 0.29) is 23.3 Å². The lowest BCUT2D eigenvalue weighted by Crippen LogP contribution is -2.30. The van der Waals surface area contributed by atoms with Crippen molar-refractivity contribution in [2.45, 2.75) is 25.4 Å². The molecule has 134 valence electrons. The monoisotopic (exact) mass is 345 g/mol. The Hall–Kier alpha value is -2.25. The highest BCUT2D eigenvalue weighted by molar-refractivity contribution is 6.04. The normalized spacial score (nSPS) is 17.1. The molecular formula is C18H23N3O4. The van der Waals surface area contributed by atoms with Crippen LogP contribution in [0.2, 0.25) is 0 Å². The molecule has 1 aromatic heterocycles. The zero-order chi connectivity index (χ0) is 17.6. The minimum absolute atomic E-state index is 0.213. The molecule has 25 heavy (non-hydrogen) atoms. The number of nitrogens with zero attached hydrogens (tertiary/aromatic N) is 2. The third-order valence-corrected chi connectivity index (χ3v) is 4.25. The topological polar surface area (TPSA) is 82.5 Å². The lowest BCUT2D eigenvalue weighted by molar-refractivity contribution is 0.0166. The van der Waals surface area contributed by atoms with Crippen LogP contribution < -0.4 is 10.9 Å². The predicted molar refractivity (Wildman–Crippen MR) is 93.7 cm³/mol. The van der Waals surface area contributed by atoms with E-state index in [1.54, 1.807) is 31.3 Å². The second-order valence-corrected chi connectivity index (χ2v) is 6.14. The van der Waals surface area contributed by atoms with Crippen molar-refractivity contribution in [2.24, 2.45) is 7.05 Å². The van der Waals surface area contributed by atoms with Crippen molar-refractivity contribution in [1.29, 1.82) is 0 Å². The van der Waals surface area contributed by atoms with E-state index in [1.165, 1.54) is 4.68 Å². The molecule has 1 saturated heterocycles. The lowest BCUT2D eigenvalue weighted by atomic mass is 10.1. The van der Waals surface area contributed by atoms with Gasteiger partial charge in [0, 0.05) is 32.2 Å². The van der Waals surface area contributed by atoms with Gasteiger partial charge in [0.05, 0.1) is 18.1 Å². The summed E-state index contributed by atoms with van der Waals surface area (Å²) in [6.07, 6.45) is 3.09. The van der Waals surface area contributed by atoms with E-state index in [2.05, 4.69) is 10.4 Å². The van der Waals surface area contributed by atoms with Gasteiger partial charge in [0.25, 0.3) is 11.5 Å². The van der Waals surface area contributed by atoms with Crippen molar-refractivity contribution in [2.75, 3.05) is 26.4 Å². The largest absolute Gasteiger partial charge is 0.379 e. The van der Waals surface area contributed by atoms with Crippen molar-refractivity contribution in [3.05, 3.63) is 40.3 Å². The molecule has 1 fully saturated rings. The average molecular weight is 345 g/mol. The Morgan fingerprint density at radius 1 is 1.40 bits per heavy atom. The van der Waals surface area contributed by atoms with Gasteiger partial charge in [-0.3, -0.25) is 9.59 Å². The van der Waals surface area contributed by atoms with E-state index in [0.717, 1.165) is 19.4 Å². The van der Waals surface area contributed by atoms with Gasteiger partial charge in [-0.1, -0.05) is 18.2 Å². The fourth-order valence-electron chi connectivity index (χ4n) is 2.92. The predicted octanol–water partition coefficient (Wildman–Crippen LogP) is 1.25. The fraction of sp³-hybridized carbons (Fsp3) is 0.500. The standard InChI is InChI=1S/C18H23N3O4/c1-21-18(23)15-8-3-2-7-14(15)16(20-21)17(22)19-9-5-10-24-12-13-6-4-11-25-13/h2-3,7-8,13H,4-6,9-12H2,1H3,(H,19,22)/t13-/m0/s1. The van der Waals surface area contributed by atoms with Crippen LogP contribution in [-0.2, 0) is 16.5 Å². The number of amides is 1. The van der Waals surface area contributed by atoms with Crippen LogP contribution in [0.5, 0.6) is 0 Å². The Morgan fingerprint density at radius 2 is 2.20 bits per heavy atom. The first-order chi connectivity index (χ1) is 12.2. The van der Waals surface area contributed by atoms with E-state index < -0.39 is 0 Å². The second kappa shape index (κ2) is 8.22. The highest BCUT2D eigenvalue weighted by Crippen LogP contribution is 2.13. The van der Waals surface area contributed by atoms with Gasteiger partial charge in [-0.05, 0) is 25.3 Å². The molecule has 2 heterocycles. The van der Waals surface area contributed by atoms with Gasteiger partial charge >= 0.3 is 0 Å². The van der Waals surface area contributed by atoms with Crippen molar-refractivity contribution in [3.63, 3.8) is 0 Å². The molecular weight excluding hydrogens is 322 g/mol. The highest BCUT2D eigenvalue weighted by atomic mass is 16.5. The zero-order valence-electron chi connectivity index (χ0n) is 14.4. The summed E-state index contributed by atoms with van der Waals surface area (Å²) in [6, 6.07) is 7.01. The van der Waals surface area contributed by atoms with Gasteiger partial charge in [-0.15, -0.1) is 0 Å². The zero-order valence-corrected chi connectivity index (χ0v) is 14.4. The molecule has 1 N–H and O–H groups in total. The summed E-state index contributed by atoms with van der Waals surface area (Å²) in [5, 5.41) is 8.01. The highest BCUT2D eigenvalue weighted by Gasteiger charge is 2.16. The maximum absolute atomic E-state index is 12.4. The second-order valence-electron chi connectivity index (χ2n) is 6.14. The number of aromatic nitrogens is 2. The summed E-state index contributed by atoms with van der Waals surface area (Å²) in [7, 11) is 1.55. The van der Waals surface area contributed by atoms with Crippen LogP contribution in [0.15, 0.2) is 29.1 Å². The van der Waals surface area contributed by atoms with Crippen LogP contribution in [0.4, 0.5) is 0 Å². The third kappa shape index (κ3) is 4.24. The maximum atomic E-state index is 12.4. The molecule has 0 spiro atoms. The number of hydrogen-bond acceptors (Lipinski definition) is 5. The molecule has 1 atom stereocenters. The van der Waals surface area contributed by atoms with Crippen LogP contribution in [0.1, 0.15) is 29.8 Å². The number of aryl methyl sites for hydroxylation is 1. The SMILES string of the molecule is Cn1nc(C(=O)NCCCOC[C@@H]2CCCO2)c2ccccc2c1=O. The molecule has 0 radical (unpaired) electrons. The van der Waals surface area contributed by atoms with Gasteiger partial charge in [0.1, 0.15) is 0 Å². The molecule has 0 aliphatic carbocycles. The summed E-state index contributed by atoms with van der Waals surface area (Å²) in [5.74, 6) is -0.286.